The van der Waals surface area contributed by atoms with E-state index in [9.17, 15) is 31.1 Å². The number of hydrogen-bond donors (Lipinski definition) is 0. The zero-order valence-electron chi connectivity index (χ0n) is 32.2. The summed E-state index contributed by atoms with van der Waals surface area (Å²) in [5.74, 6) is -0.489. The highest BCUT2D eigenvalue weighted by molar-refractivity contribution is 6.20. The summed E-state index contributed by atoms with van der Waals surface area (Å²) < 4.78 is 90.3. The van der Waals surface area contributed by atoms with E-state index in [0.29, 0.717) is 34.3 Å². The molecule has 3 saturated carbocycles. The highest BCUT2D eigenvalue weighted by Crippen LogP contribution is 2.68. The molecule has 8 rings (SSSR count). The summed E-state index contributed by atoms with van der Waals surface area (Å²) in [6.07, 6.45) is 8.12. The SMILES string of the molecule is COC1=C(C2C3C2C(C)(C)C2=C(C=CC(C(F)(F)F)C2)N3CC2CCCCC2)C(=O)/C1=C/C1=C(CC2CCCCC2)c2ccc(C(F)(F)F)cc2C1(C)C. The van der Waals surface area contributed by atoms with E-state index in [1.54, 1.807) is 19.3 Å². The van der Waals surface area contributed by atoms with E-state index >= 15 is 0 Å². The number of carbonyl (C=O) groups is 1. The average Bonchev–Trinajstić information content (AvgIpc) is 3.82. The molecule has 3 fully saturated rings. The van der Waals surface area contributed by atoms with Gasteiger partial charge < -0.3 is 9.64 Å². The molecule has 0 bridgehead atoms. The van der Waals surface area contributed by atoms with Crippen molar-refractivity contribution in [2.45, 2.75) is 129 Å². The molecule has 1 aromatic carbocycles. The summed E-state index contributed by atoms with van der Waals surface area (Å²) in [5.41, 5.74) is 4.10. The van der Waals surface area contributed by atoms with Crippen LogP contribution in [0.15, 0.2) is 70.2 Å². The first-order valence-corrected chi connectivity index (χ1v) is 20.2. The van der Waals surface area contributed by atoms with Crippen LogP contribution in [-0.4, -0.2) is 36.6 Å². The lowest BCUT2D eigenvalue weighted by Gasteiger charge is -2.45. The van der Waals surface area contributed by atoms with Crippen LogP contribution in [0, 0.1) is 35.0 Å². The highest BCUT2D eigenvalue weighted by atomic mass is 19.4. The van der Waals surface area contributed by atoms with Crippen LogP contribution >= 0.6 is 0 Å². The number of methoxy groups -OCH3 is 1. The smallest absolute Gasteiger partial charge is 0.416 e. The lowest BCUT2D eigenvalue weighted by Crippen LogP contribution is -2.42. The minimum atomic E-state index is -4.47. The first kappa shape index (κ1) is 37.7. The van der Waals surface area contributed by atoms with Crippen LogP contribution in [0.25, 0.3) is 5.57 Å². The molecule has 1 aliphatic heterocycles. The maximum Gasteiger partial charge on any atom is 0.416 e. The Morgan fingerprint density at radius 3 is 2.17 bits per heavy atom. The highest BCUT2D eigenvalue weighted by Gasteiger charge is 2.69. The van der Waals surface area contributed by atoms with Crippen molar-refractivity contribution in [3.05, 3.63) is 86.9 Å². The van der Waals surface area contributed by atoms with Gasteiger partial charge in [0.25, 0.3) is 0 Å². The van der Waals surface area contributed by atoms with Crippen LogP contribution in [0.3, 0.4) is 0 Å². The van der Waals surface area contributed by atoms with Crippen molar-refractivity contribution >= 4 is 11.4 Å². The van der Waals surface area contributed by atoms with Crippen LogP contribution in [0.5, 0.6) is 0 Å². The number of benzene rings is 1. The first-order valence-electron chi connectivity index (χ1n) is 20.2. The van der Waals surface area contributed by atoms with Crippen LogP contribution in [-0.2, 0) is 21.1 Å². The maximum atomic E-state index is 14.5. The van der Waals surface area contributed by atoms with Gasteiger partial charge in [-0.25, -0.2) is 0 Å². The van der Waals surface area contributed by atoms with Gasteiger partial charge in [0.1, 0.15) is 5.76 Å². The molecule has 4 unspecified atom stereocenters. The van der Waals surface area contributed by atoms with Gasteiger partial charge >= 0.3 is 12.4 Å². The molecule has 9 heteroatoms. The number of hydrogen-bond acceptors (Lipinski definition) is 3. The number of ether oxygens (including phenoxy) is 1. The fourth-order valence-electron chi connectivity index (χ4n) is 11.5. The van der Waals surface area contributed by atoms with Crippen LogP contribution in [0.1, 0.15) is 121 Å². The molecule has 0 N–H and O–H groups in total. The Labute approximate surface area is 315 Å². The maximum absolute atomic E-state index is 14.5. The summed E-state index contributed by atoms with van der Waals surface area (Å²) in [6, 6.07) is 4.06. The molecular formula is C45H53F6NO2. The molecule has 1 aromatic rings. The third-order valence-corrected chi connectivity index (χ3v) is 14.4. The Morgan fingerprint density at radius 2 is 1.56 bits per heavy atom. The monoisotopic (exact) mass is 753 g/mol. The third-order valence-electron chi connectivity index (χ3n) is 14.4. The van der Waals surface area contributed by atoms with Gasteiger partial charge in [0.15, 0.2) is 5.78 Å². The Hall–Kier alpha value is -3.23. The molecule has 1 heterocycles. The first-order chi connectivity index (χ1) is 25.4. The number of rotatable bonds is 7. The van der Waals surface area contributed by atoms with Crippen molar-refractivity contribution in [1.82, 2.24) is 4.90 Å². The second-order valence-electron chi connectivity index (χ2n) is 18.3. The molecule has 4 atom stereocenters. The molecule has 54 heavy (non-hydrogen) atoms. The summed E-state index contributed by atoms with van der Waals surface area (Å²) in [5, 5.41) is 0. The van der Waals surface area contributed by atoms with E-state index in [1.807, 2.05) is 33.8 Å². The summed E-state index contributed by atoms with van der Waals surface area (Å²) in [4.78, 5) is 16.9. The molecule has 3 nitrogen and oxygen atoms in total. The van der Waals surface area contributed by atoms with Crippen molar-refractivity contribution < 1.29 is 35.9 Å². The van der Waals surface area contributed by atoms with Crippen molar-refractivity contribution in [3.63, 3.8) is 0 Å². The van der Waals surface area contributed by atoms with E-state index in [-0.39, 0.29) is 30.1 Å². The Bertz CT molecular complexity index is 1870. The second-order valence-corrected chi connectivity index (χ2v) is 18.3. The summed E-state index contributed by atoms with van der Waals surface area (Å²) in [6.45, 7) is 8.77. The molecule has 0 radical (unpaired) electrons. The normalized spacial score (nSPS) is 30.5. The van der Waals surface area contributed by atoms with Gasteiger partial charge in [0, 0.05) is 35.2 Å². The quantitative estimate of drug-likeness (QED) is 0.205. The number of allylic oxidation sites excluding steroid dienone is 7. The number of carbonyl (C=O) groups excluding carboxylic acids is 1. The Balaban J connectivity index is 1.18. The van der Waals surface area contributed by atoms with Crippen LogP contribution in [0.2, 0.25) is 0 Å². The molecule has 7 aliphatic rings. The number of alkyl halides is 6. The molecule has 0 amide bonds. The van der Waals surface area contributed by atoms with Gasteiger partial charge in [-0.05, 0) is 101 Å². The fourth-order valence-corrected chi connectivity index (χ4v) is 11.5. The summed E-state index contributed by atoms with van der Waals surface area (Å²) >= 11 is 0. The topological polar surface area (TPSA) is 29.5 Å². The lowest BCUT2D eigenvalue weighted by molar-refractivity contribution is -0.162. The zero-order valence-corrected chi connectivity index (χ0v) is 32.2. The van der Waals surface area contributed by atoms with E-state index in [1.165, 1.54) is 31.1 Å². The van der Waals surface area contributed by atoms with Crippen molar-refractivity contribution in [3.8, 4) is 0 Å². The van der Waals surface area contributed by atoms with Crippen molar-refractivity contribution in [2.75, 3.05) is 13.7 Å². The number of Topliss-reactive ketones (excluding diaryl/α,β-unsaturated/α-hetero) is 1. The van der Waals surface area contributed by atoms with Crippen molar-refractivity contribution in [2.24, 2.45) is 35.0 Å². The largest absolute Gasteiger partial charge is 0.496 e. The van der Waals surface area contributed by atoms with E-state index in [4.69, 9.17) is 4.74 Å². The molecule has 0 saturated heterocycles. The van der Waals surface area contributed by atoms with Gasteiger partial charge in [-0.1, -0.05) is 91.2 Å². The third kappa shape index (κ3) is 6.13. The van der Waals surface area contributed by atoms with Gasteiger partial charge in [-0.3, -0.25) is 4.79 Å². The molecular weight excluding hydrogens is 700 g/mol. The van der Waals surface area contributed by atoms with E-state index in [2.05, 4.69) is 4.90 Å². The second kappa shape index (κ2) is 13.2. The molecule has 6 aliphatic carbocycles. The average molecular weight is 754 g/mol. The minimum Gasteiger partial charge on any atom is -0.496 e. The van der Waals surface area contributed by atoms with E-state index in [0.717, 1.165) is 92.3 Å². The minimum absolute atomic E-state index is 0.0209. The molecule has 0 spiro atoms. The zero-order chi connectivity index (χ0) is 38.5. The predicted molar refractivity (Wildman–Crippen MR) is 198 cm³/mol. The summed E-state index contributed by atoms with van der Waals surface area (Å²) in [7, 11) is 1.56. The number of fused-ring (bicyclic) bond motifs is 2. The predicted octanol–water partition coefficient (Wildman–Crippen LogP) is 12.1. The Kier molecular flexibility index (Phi) is 9.20. The van der Waals surface area contributed by atoms with Gasteiger partial charge in [-0.2, -0.15) is 26.3 Å². The van der Waals surface area contributed by atoms with Gasteiger partial charge in [0.05, 0.1) is 24.2 Å². The van der Waals surface area contributed by atoms with Crippen LogP contribution in [0.4, 0.5) is 26.3 Å². The van der Waals surface area contributed by atoms with Gasteiger partial charge in [-0.15, -0.1) is 0 Å². The number of ketones is 1. The molecule has 292 valence electrons. The van der Waals surface area contributed by atoms with Crippen LogP contribution < -0.4 is 0 Å². The van der Waals surface area contributed by atoms with Crippen molar-refractivity contribution in [1.29, 1.82) is 0 Å². The number of nitrogens with zero attached hydrogens (tertiary/aromatic N) is 1. The fraction of sp³-hybridized carbons (Fsp3) is 0.622. The standard InChI is InChI=1S/C45H53F6NO2/c1-42(2)32-21-27(44(46,47)48)16-18-29(32)30(20-25-12-8-6-9-13-25)33(42)23-31-40(53)37(41(31)54-5)36-38-39(36)52(24-26-14-10-7-11-15-26)35-19-17-28(45(49,50)51)22-34(35)43(38,3)4/h16-19,21,23,25-26,28,36,38-39H,6-15,20,22,24H2,1-5H3/b31-23-. The number of halogens is 6. The van der Waals surface area contributed by atoms with Gasteiger partial charge in [0.2, 0.25) is 0 Å². The lowest BCUT2D eigenvalue weighted by atomic mass is 9.69. The van der Waals surface area contributed by atoms with E-state index < -0.39 is 34.7 Å². The Morgan fingerprint density at radius 1 is 0.907 bits per heavy atom. The molecule has 0 aromatic heterocycles.